The van der Waals surface area contributed by atoms with Crippen LogP contribution in [0, 0.1) is 12.7 Å². The number of aryl methyl sites for hydroxylation is 1. The Hall–Kier alpha value is -2.76. The van der Waals surface area contributed by atoms with Crippen LogP contribution in [0.5, 0.6) is 0 Å². The van der Waals surface area contributed by atoms with Crippen LogP contribution in [0.1, 0.15) is 26.4 Å². The molecule has 0 spiro atoms. The van der Waals surface area contributed by atoms with E-state index in [9.17, 15) is 14.0 Å². The van der Waals surface area contributed by atoms with E-state index in [4.69, 9.17) is 5.11 Å². The van der Waals surface area contributed by atoms with Crippen LogP contribution in [0.3, 0.4) is 0 Å². The van der Waals surface area contributed by atoms with Crippen LogP contribution in [0.2, 0.25) is 0 Å². The first-order valence-corrected chi connectivity index (χ1v) is 5.75. The lowest BCUT2D eigenvalue weighted by Gasteiger charge is -2.10. The monoisotopic (exact) mass is 274 g/mol. The van der Waals surface area contributed by atoms with Gasteiger partial charge >= 0.3 is 5.97 Å². The van der Waals surface area contributed by atoms with E-state index in [0.29, 0.717) is 11.3 Å². The molecular formula is C14H11FN2O3. The summed E-state index contributed by atoms with van der Waals surface area (Å²) in [4.78, 5) is 27.0. The molecule has 2 N–H and O–H groups in total. The van der Waals surface area contributed by atoms with Gasteiger partial charge < -0.3 is 10.4 Å². The first-order valence-electron chi connectivity index (χ1n) is 5.75. The molecule has 2 rings (SSSR count). The van der Waals surface area contributed by atoms with Gasteiger partial charge in [-0.3, -0.25) is 9.78 Å². The van der Waals surface area contributed by atoms with Crippen molar-refractivity contribution in [3.8, 4) is 0 Å². The fourth-order valence-corrected chi connectivity index (χ4v) is 1.76. The minimum Gasteiger partial charge on any atom is -0.478 e. The molecule has 0 unspecified atom stereocenters. The number of hydrogen-bond donors (Lipinski definition) is 2. The van der Waals surface area contributed by atoms with Gasteiger partial charge in [-0.2, -0.15) is 0 Å². The van der Waals surface area contributed by atoms with Crippen molar-refractivity contribution in [2.75, 3.05) is 5.32 Å². The number of rotatable bonds is 3. The average molecular weight is 274 g/mol. The number of aromatic carboxylic acids is 1. The van der Waals surface area contributed by atoms with Gasteiger partial charge in [0, 0.05) is 11.9 Å². The predicted octanol–water partition coefficient (Wildman–Crippen LogP) is 2.48. The van der Waals surface area contributed by atoms with Crippen molar-refractivity contribution in [2.45, 2.75) is 6.92 Å². The molecule has 1 amide bonds. The molecule has 0 fully saturated rings. The quantitative estimate of drug-likeness (QED) is 0.901. The fraction of sp³-hybridized carbons (Fsp3) is 0.0714. The number of pyridine rings is 1. The van der Waals surface area contributed by atoms with E-state index in [2.05, 4.69) is 10.3 Å². The number of aromatic nitrogens is 1. The summed E-state index contributed by atoms with van der Waals surface area (Å²) in [6.45, 7) is 1.65. The van der Waals surface area contributed by atoms with Gasteiger partial charge in [0.25, 0.3) is 5.91 Å². The largest absolute Gasteiger partial charge is 0.478 e. The van der Waals surface area contributed by atoms with Crippen LogP contribution in [0.25, 0.3) is 0 Å². The van der Waals surface area contributed by atoms with Crippen molar-refractivity contribution in [3.63, 3.8) is 0 Å². The van der Waals surface area contributed by atoms with Crippen LogP contribution >= 0.6 is 0 Å². The van der Waals surface area contributed by atoms with E-state index in [-0.39, 0.29) is 5.69 Å². The van der Waals surface area contributed by atoms with Crippen molar-refractivity contribution in [1.29, 1.82) is 0 Å². The third kappa shape index (κ3) is 2.64. The Morgan fingerprint density at radius 3 is 2.65 bits per heavy atom. The maximum Gasteiger partial charge on any atom is 0.340 e. The van der Waals surface area contributed by atoms with Gasteiger partial charge in [-0.15, -0.1) is 0 Å². The Balaban J connectivity index is 2.36. The fourth-order valence-electron chi connectivity index (χ4n) is 1.76. The third-order valence-electron chi connectivity index (χ3n) is 2.73. The number of carbonyl (C=O) groups excluding carboxylic acids is 1. The summed E-state index contributed by atoms with van der Waals surface area (Å²) in [5, 5.41) is 11.4. The molecule has 0 bridgehead atoms. The first kappa shape index (κ1) is 13.7. The number of hydrogen-bond acceptors (Lipinski definition) is 3. The Morgan fingerprint density at radius 1 is 1.25 bits per heavy atom. The van der Waals surface area contributed by atoms with E-state index in [1.807, 2.05) is 0 Å². The van der Waals surface area contributed by atoms with Gasteiger partial charge in [-0.1, -0.05) is 6.07 Å². The van der Waals surface area contributed by atoms with Gasteiger partial charge in [-0.05, 0) is 31.2 Å². The highest BCUT2D eigenvalue weighted by Crippen LogP contribution is 2.20. The van der Waals surface area contributed by atoms with Crippen molar-refractivity contribution in [1.82, 2.24) is 4.98 Å². The number of amides is 1. The number of benzene rings is 1. The zero-order valence-corrected chi connectivity index (χ0v) is 10.6. The molecule has 0 saturated carbocycles. The van der Waals surface area contributed by atoms with Crippen molar-refractivity contribution in [2.24, 2.45) is 0 Å². The molecule has 5 nitrogen and oxygen atoms in total. The lowest BCUT2D eigenvalue weighted by molar-refractivity contribution is 0.0693. The molecule has 2 aromatic rings. The van der Waals surface area contributed by atoms with Crippen LogP contribution in [0.4, 0.5) is 10.1 Å². The lowest BCUT2D eigenvalue weighted by Crippen LogP contribution is -2.17. The summed E-state index contributed by atoms with van der Waals surface area (Å²) in [6.07, 6.45) is 1.54. The Bertz CT molecular complexity index is 686. The van der Waals surface area contributed by atoms with Crippen molar-refractivity contribution in [3.05, 3.63) is 59.2 Å². The van der Waals surface area contributed by atoms with Crippen LogP contribution in [-0.4, -0.2) is 22.0 Å². The zero-order chi connectivity index (χ0) is 14.7. The molecule has 1 aromatic carbocycles. The van der Waals surface area contributed by atoms with Gasteiger partial charge in [0.05, 0.1) is 11.3 Å². The summed E-state index contributed by atoms with van der Waals surface area (Å²) in [5.74, 6) is -2.89. The van der Waals surface area contributed by atoms with E-state index in [1.54, 1.807) is 19.1 Å². The number of nitrogens with zero attached hydrogens (tertiary/aromatic N) is 1. The van der Waals surface area contributed by atoms with Crippen molar-refractivity contribution >= 4 is 17.6 Å². The third-order valence-corrected chi connectivity index (χ3v) is 2.73. The van der Waals surface area contributed by atoms with Crippen LogP contribution < -0.4 is 5.32 Å². The molecule has 0 aliphatic rings. The van der Waals surface area contributed by atoms with Crippen LogP contribution in [0.15, 0.2) is 36.5 Å². The molecule has 102 valence electrons. The van der Waals surface area contributed by atoms with Gasteiger partial charge in [0.2, 0.25) is 0 Å². The maximum absolute atomic E-state index is 13.5. The summed E-state index contributed by atoms with van der Waals surface area (Å²) in [5.41, 5.74) is 0.138. The number of halogens is 1. The summed E-state index contributed by atoms with van der Waals surface area (Å²) >= 11 is 0. The molecule has 0 aliphatic heterocycles. The molecule has 0 atom stereocenters. The standard InChI is InChI=1S/C14H11FN2O3/c1-8-9(4-3-7-16-8)13(18)17-11-6-2-5-10(15)12(11)14(19)20/h2-7H,1H3,(H,17,18)(H,19,20). The maximum atomic E-state index is 13.5. The summed E-state index contributed by atoms with van der Waals surface area (Å²) in [7, 11) is 0. The normalized spacial score (nSPS) is 10.1. The predicted molar refractivity (Wildman–Crippen MR) is 70.3 cm³/mol. The molecule has 0 radical (unpaired) electrons. The first-order chi connectivity index (χ1) is 9.50. The molecule has 6 heteroatoms. The smallest absolute Gasteiger partial charge is 0.340 e. The number of carboxylic acids is 1. The highest BCUT2D eigenvalue weighted by atomic mass is 19.1. The molecular weight excluding hydrogens is 263 g/mol. The molecule has 1 aromatic heterocycles. The number of carbonyl (C=O) groups is 2. The summed E-state index contributed by atoms with van der Waals surface area (Å²) < 4.78 is 13.5. The van der Waals surface area contributed by atoms with E-state index < -0.39 is 23.3 Å². The Kier molecular flexibility index (Phi) is 3.74. The second-order valence-corrected chi connectivity index (χ2v) is 4.06. The topological polar surface area (TPSA) is 79.3 Å². The minimum atomic E-state index is -1.44. The average Bonchev–Trinajstić information content (AvgIpc) is 2.38. The van der Waals surface area contributed by atoms with Crippen molar-refractivity contribution < 1.29 is 19.1 Å². The second kappa shape index (κ2) is 5.48. The SMILES string of the molecule is Cc1ncccc1C(=O)Nc1cccc(F)c1C(=O)O. The van der Waals surface area contributed by atoms with Crippen LogP contribution in [-0.2, 0) is 0 Å². The molecule has 20 heavy (non-hydrogen) atoms. The Labute approximate surface area is 114 Å². The highest BCUT2D eigenvalue weighted by molar-refractivity contribution is 6.08. The number of carboxylic acid groups (broad SMARTS) is 1. The number of anilines is 1. The number of nitrogens with one attached hydrogen (secondary N) is 1. The van der Waals surface area contributed by atoms with E-state index >= 15 is 0 Å². The Morgan fingerprint density at radius 2 is 2.00 bits per heavy atom. The molecule has 0 saturated heterocycles. The molecule has 0 aliphatic carbocycles. The van der Waals surface area contributed by atoms with E-state index in [0.717, 1.165) is 6.07 Å². The minimum absolute atomic E-state index is 0.0919. The van der Waals surface area contributed by atoms with E-state index in [1.165, 1.54) is 18.3 Å². The molecule has 1 heterocycles. The highest BCUT2D eigenvalue weighted by Gasteiger charge is 2.18. The van der Waals surface area contributed by atoms with Gasteiger partial charge in [-0.25, -0.2) is 9.18 Å². The van der Waals surface area contributed by atoms with Gasteiger partial charge in [0.1, 0.15) is 11.4 Å². The second-order valence-electron chi connectivity index (χ2n) is 4.06. The lowest BCUT2D eigenvalue weighted by atomic mass is 10.1. The van der Waals surface area contributed by atoms with Gasteiger partial charge in [0.15, 0.2) is 0 Å². The zero-order valence-electron chi connectivity index (χ0n) is 10.6. The summed E-state index contributed by atoms with van der Waals surface area (Å²) in [6, 6.07) is 6.82.